The van der Waals surface area contributed by atoms with E-state index in [0.29, 0.717) is 0 Å². The molecule has 1 aliphatic heterocycles. The first-order valence-corrected chi connectivity index (χ1v) is 8.03. The van der Waals surface area contributed by atoms with Gasteiger partial charge in [-0.05, 0) is 29.3 Å². The molecule has 2 rings (SSSR count). The minimum Gasteiger partial charge on any atom is -0.268 e. The number of hydrogen-bond donors (Lipinski definition) is 1. The van der Waals surface area contributed by atoms with Crippen molar-refractivity contribution in [1.29, 1.82) is 0 Å². The number of fused-ring (bicyclic) bond motifs is 1. The molecule has 1 N–H and O–H groups in total. The second-order valence-electron chi connectivity index (χ2n) is 5.87. The Kier molecular flexibility index (Phi) is 3.83. The number of carbonyl (C=O) groups excluding carboxylic acids is 1. The van der Waals surface area contributed by atoms with Crippen molar-refractivity contribution in [3.63, 3.8) is 0 Å². The molecule has 1 heterocycles. The SMILES string of the molecule is CC(C)(C)[C@@H](CN1C(=O)c2ccccc2S1(=O)=O)NCl. The molecule has 1 amide bonds. The average Bonchev–Trinajstić information content (AvgIpc) is 2.55. The third-order valence-corrected chi connectivity index (χ3v) is 5.51. The van der Waals surface area contributed by atoms with Crippen LogP contribution in [0.4, 0.5) is 0 Å². The second kappa shape index (κ2) is 5.02. The summed E-state index contributed by atoms with van der Waals surface area (Å²) in [4.78, 5) is 14.9. The summed E-state index contributed by atoms with van der Waals surface area (Å²) in [6.45, 7) is 5.77. The fourth-order valence-corrected chi connectivity index (χ4v) is 4.03. The van der Waals surface area contributed by atoms with Crippen molar-refractivity contribution in [3.05, 3.63) is 29.8 Å². The highest BCUT2D eigenvalue weighted by molar-refractivity contribution is 7.90. The average molecular weight is 317 g/mol. The Hall–Kier alpha value is -1.11. The van der Waals surface area contributed by atoms with Crippen LogP contribution in [0, 0.1) is 5.41 Å². The van der Waals surface area contributed by atoms with Crippen molar-refractivity contribution >= 4 is 27.7 Å². The topological polar surface area (TPSA) is 66.5 Å². The zero-order valence-corrected chi connectivity index (χ0v) is 13.1. The van der Waals surface area contributed by atoms with E-state index in [2.05, 4.69) is 4.84 Å². The molecule has 0 fully saturated rings. The Balaban J connectivity index is 2.39. The van der Waals surface area contributed by atoms with Gasteiger partial charge in [-0.1, -0.05) is 32.9 Å². The van der Waals surface area contributed by atoms with E-state index >= 15 is 0 Å². The number of nitrogens with one attached hydrogen (secondary N) is 1. The monoisotopic (exact) mass is 316 g/mol. The zero-order valence-electron chi connectivity index (χ0n) is 11.6. The smallest absolute Gasteiger partial charge is 0.268 e. The molecule has 110 valence electrons. The number of rotatable bonds is 3. The minimum absolute atomic E-state index is 0.00282. The lowest BCUT2D eigenvalue weighted by molar-refractivity contribution is 0.0849. The largest absolute Gasteiger partial charge is 0.269 e. The maximum Gasteiger partial charge on any atom is 0.269 e. The Morgan fingerprint density at radius 2 is 1.90 bits per heavy atom. The fraction of sp³-hybridized carbons (Fsp3) is 0.462. The molecule has 0 spiro atoms. The van der Waals surface area contributed by atoms with Crippen molar-refractivity contribution in [3.8, 4) is 0 Å². The molecule has 0 bridgehead atoms. The summed E-state index contributed by atoms with van der Waals surface area (Å²) in [5, 5.41) is 0. The van der Waals surface area contributed by atoms with Crippen LogP contribution >= 0.6 is 11.8 Å². The molecule has 1 aromatic rings. The van der Waals surface area contributed by atoms with E-state index in [1.165, 1.54) is 12.1 Å². The van der Waals surface area contributed by atoms with E-state index in [4.69, 9.17) is 11.8 Å². The Morgan fingerprint density at radius 3 is 2.40 bits per heavy atom. The van der Waals surface area contributed by atoms with Crippen LogP contribution in [0.5, 0.6) is 0 Å². The summed E-state index contributed by atoms with van der Waals surface area (Å²) in [6, 6.07) is 5.88. The molecule has 20 heavy (non-hydrogen) atoms. The van der Waals surface area contributed by atoms with Crippen molar-refractivity contribution in [1.82, 2.24) is 9.14 Å². The van der Waals surface area contributed by atoms with E-state index in [9.17, 15) is 13.2 Å². The van der Waals surface area contributed by atoms with Crippen LogP contribution < -0.4 is 4.84 Å². The summed E-state index contributed by atoms with van der Waals surface area (Å²) in [5.41, 5.74) is -0.0680. The molecular weight excluding hydrogens is 300 g/mol. The summed E-state index contributed by atoms with van der Waals surface area (Å²) in [7, 11) is -3.78. The molecule has 1 aliphatic rings. The standard InChI is InChI=1S/C13H17ClN2O3S/c1-13(2,3)11(15-14)8-16-12(17)9-6-4-5-7-10(9)20(16,18)19/h4-7,11,15H,8H2,1-3H3/t11-/m1/s1. The summed E-state index contributed by atoms with van der Waals surface area (Å²) < 4.78 is 25.7. The number of benzene rings is 1. The highest BCUT2D eigenvalue weighted by Crippen LogP contribution is 2.32. The van der Waals surface area contributed by atoms with Crippen molar-refractivity contribution in [2.75, 3.05) is 6.54 Å². The van der Waals surface area contributed by atoms with Gasteiger partial charge >= 0.3 is 0 Å². The van der Waals surface area contributed by atoms with Crippen LogP contribution in [-0.2, 0) is 10.0 Å². The van der Waals surface area contributed by atoms with Crippen LogP contribution in [-0.4, -0.2) is 31.2 Å². The number of carbonyl (C=O) groups is 1. The third-order valence-electron chi connectivity index (χ3n) is 3.44. The van der Waals surface area contributed by atoms with Crippen molar-refractivity contribution < 1.29 is 13.2 Å². The molecule has 0 unspecified atom stereocenters. The molecule has 1 atom stereocenters. The maximum absolute atomic E-state index is 12.4. The second-order valence-corrected chi connectivity index (χ2v) is 7.91. The zero-order chi connectivity index (χ0) is 15.1. The van der Waals surface area contributed by atoms with E-state index < -0.39 is 15.9 Å². The molecular formula is C13H17ClN2O3S. The van der Waals surface area contributed by atoms with Gasteiger partial charge in [-0.2, -0.15) is 0 Å². The van der Waals surface area contributed by atoms with Gasteiger partial charge in [-0.25, -0.2) is 17.6 Å². The lowest BCUT2D eigenvalue weighted by Gasteiger charge is -2.31. The molecule has 7 heteroatoms. The predicted octanol–water partition coefficient (Wildman–Crippen LogP) is 1.99. The molecule has 1 aromatic carbocycles. The van der Waals surface area contributed by atoms with Gasteiger partial charge in [-0.3, -0.25) is 4.79 Å². The Bertz CT molecular complexity index is 637. The van der Waals surface area contributed by atoms with Gasteiger partial charge in [0.25, 0.3) is 15.9 Å². The molecule has 0 radical (unpaired) electrons. The molecule has 5 nitrogen and oxygen atoms in total. The van der Waals surface area contributed by atoms with E-state index in [-0.39, 0.29) is 28.5 Å². The highest BCUT2D eigenvalue weighted by Gasteiger charge is 2.43. The van der Waals surface area contributed by atoms with Gasteiger partial charge in [0.1, 0.15) is 4.90 Å². The van der Waals surface area contributed by atoms with Crippen molar-refractivity contribution in [2.45, 2.75) is 31.7 Å². The van der Waals surface area contributed by atoms with Crippen LogP contribution in [0.2, 0.25) is 0 Å². The first-order valence-electron chi connectivity index (χ1n) is 6.22. The van der Waals surface area contributed by atoms with Gasteiger partial charge in [0.15, 0.2) is 0 Å². The third kappa shape index (κ3) is 2.43. The maximum atomic E-state index is 12.4. The molecule has 0 aromatic heterocycles. The lowest BCUT2D eigenvalue weighted by Crippen LogP contribution is -2.47. The van der Waals surface area contributed by atoms with Crippen LogP contribution in [0.3, 0.4) is 0 Å². The lowest BCUT2D eigenvalue weighted by atomic mass is 9.87. The van der Waals surface area contributed by atoms with Gasteiger partial charge in [0.05, 0.1) is 12.1 Å². The van der Waals surface area contributed by atoms with Crippen LogP contribution in [0.1, 0.15) is 31.1 Å². The minimum atomic E-state index is -3.78. The normalized spacial score (nSPS) is 19.0. The predicted molar refractivity (Wildman–Crippen MR) is 76.9 cm³/mol. The number of nitrogens with zero attached hydrogens (tertiary/aromatic N) is 1. The summed E-state index contributed by atoms with van der Waals surface area (Å²) >= 11 is 5.70. The number of hydrogen-bond acceptors (Lipinski definition) is 4. The van der Waals surface area contributed by atoms with E-state index in [0.717, 1.165) is 4.31 Å². The van der Waals surface area contributed by atoms with Gasteiger partial charge < -0.3 is 0 Å². The van der Waals surface area contributed by atoms with Crippen LogP contribution in [0.25, 0.3) is 0 Å². The molecule has 0 saturated heterocycles. The Labute approximate surface area is 124 Å². The quantitative estimate of drug-likeness (QED) is 0.866. The van der Waals surface area contributed by atoms with Crippen molar-refractivity contribution in [2.24, 2.45) is 5.41 Å². The molecule has 0 saturated carbocycles. The van der Waals surface area contributed by atoms with Gasteiger partial charge in [0.2, 0.25) is 0 Å². The fourth-order valence-electron chi connectivity index (χ4n) is 2.05. The number of halogens is 1. The Morgan fingerprint density at radius 1 is 1.30 bits per heavy atom. The number of sulfonamides is 1. The first kappa shape index (κ1) is 15.3. The number of amides is 1. The summed E-state index contributed by atoms with van der Waals surface area (Å²) in [6.07, 6.45) is 0. The van der Waals surface area contributed by atoms with Gasteiger partial charge in [-0.15, -0.1) is 0 Å². The van der Waals surface area contributed by atoms with Crippen LogP contribution in [0.15, 0.2) is 29.2 Å². The highest BCUT2D eigenvalue weighted by atomic mass is 35.5. The van der Waals surface area contributed by atoms with E-state index in [1.54, 1.807) is 12.1 Å². The summed E-state index contributed by atoms with van der Waals surface area (Å²) in [5.74, 6) is -0.498. The van der Waals surface area contributed by atoms with E-state index in [1.807, 2.05) is 20.8 Å². The van der Waals surface area contributed by atoms with Gasteiger partial charge in [0, 0.05) is 6.04 Å². The first-order chi connectivity index (χ1) is 9.19. The molecule has 0 aliphatic carbocycles.